The summed E-state index contributed by atoms with van der Waals surface area (Å²) in [5.41, 5.74) is 0. The number of phosphoric acid groups is 2. The van der Waals surface area contributed by atoms with E-state index in [0.29, 0.717) is 25.7 Å². The number of aliphatic hydroxyl groups is 2. The highest BCUT2D eigenvalue weighted by Crippen LogP contribution is 2.45. The van der Waals surface area contributed by atoms with Crippen molar-refractivity contribution in [2.45, 2.75) is 386 Å². The quantitative estimate of drug-likeness (QED) is 0.0146. The van der Waals surface area contributed by atoms with Crippen LogP contribution in [0.25, 0.3) is 0 Å². The highest BCUT2D eigenvalue weighted by Gasteiger charge is 2.29. The van der Waals surface area contributed by atoms with Gasteiger partial charge in [0.15, 0.2) is 6.10 Å². The molecule has 115 heavy (non-hydrogen) atoms. The van der Waals surface area contributed by atoms with Crippen LogP contribution in [0.2, 0.25) is 0 Å². The molecule has 5 atom stereocenters. The van der Waals surface area contributed by atoms with Crippen LogP contribution in [0, 0.1) is 0 Å². The zero-order chi connectivity index (χ0) is 83.6. The predicted octanol–water partition coefficient (Wildman–Crippen LogP) is 27.9. The molecule has 18 heteroatoms. The first-order valence-corrected chi connectivity index (χ1v) is 48.4. The lowest BCUT2D eigenvalue weighted by atomic mass is 10.0. The van der Waals surface area contributed by atoms with Gasteiger partial charge in [0.25, 0.3) is 0 Å². The van der Waals surface area contributed by atoms with Crippen molar-refractivity contribution < 1.29 is 75.8 Å². The Morgan fingerprint density at radius 1 is 0.252 bits per heavy atom. The van der Waals surface area contributed by atoms with Gasteiger partial charge in [-0.25, -0.2) is 9.13 Å². The van der Waals surface area contributed by atoms with E-state index in [2.05, 4.69) is 191 Å². The SMILES string of the molecule is CC/C=C\C/C=C\C/C=C\C/C=C\C/C=C\C/C=C\CCCCC(=O)OC(COC(=O)CCCCCCCCCCC/C=C\C/C=C\C/C=C\C/C=C\CCCCC)COP(=O)(O)OCC(O)COP(=O)(O)OCC(O)COC(=O)CCCCCCCCCCCCCCCCCCC/C=C\C/C=C\C/C=C\C/C=C\CCCCC. The molecule has 0 bridgehead atoms. The maximum Gasteiger partial charge on any atom is 0.472 e. The molecule has 658 valence electrons. The summed E-state index contributed by atoms with van der Waals surface area (Å²) in [4.78, 5) is 58.9. The zero-order valence-corrected chi connectivity index (χ0v) is 74.2. The third kappa shape index (κ3) is 89.5. The molecule has 0 aromatic rings. The number of carbonyl (C=O) groups is 3. The van der Waals surface area contributed by atoms with E-state index >= 15 is 0 Å². The van der Waals surface area contributed by atoms with E-state index in [0.717, 1.165) is 135 Å². The maximum absolute atomic E-state index is 13.0. The van der Waals surface area contributed by atoms with E-state index in [1.165, 1.54) is 167 Å². The molecule has 0 amide bonds. The van der Waals surface area contributed by atoms with Gasteiger partial charge in [-0.1, -0.05) is 358 Å². The van der Waals surface area contributed by atoms with Crippen LogP contribution >= 0.6 is 15.6 Å². The first-order chi connectivity index (χ1) is 56.2. The van der Waals surface area contributed by atoms with E-state index in [1.807, 2.05) is 0 Å². The van der Waals surface area contributed by atoms with Crippen LogP contribution in [0.5, 0.6) is 0 Å². The second-order valence-corrected chi connectivity index (χ2v) is 32.9. The second-order valence-electron chi connectivity index (χ2n) is 30.0. The normalized spacial score (nSPS) is 14.6. The van der Waals surface area contributed by atoms with Crippen LogP contribution in [0.4, 0.5) is 0 Å². The van der Waals surface area contributed by atoms with Crippen molar-refractivity contribution in [2.75, 3.05) is 39.6 Å². The molecule has 0 spiro atoms. The number of allylic oxidation sites excluding steroid dienone is 28. The average Bonchev–Trinajstić information content (AvgIpc) is 0.893. The summed E-state index contributed by atoms with van der Waals surface area (Å²) in [6.45, 7) is 2.48. The topological polar surface area (TPSA) is 231 Å². The van der Waals surface area contributed by atoms with Gasteiger partial charge in [-0.2, -0.15) is 0 Å². The van der Waals surface area contributed by atoms with Crippen molar-refractivity contribution in [1.82, 2.24) is 0 Å². The molecule has 0 aliphatic rings. The Labute approximate surface area is 701 Å². The van der Waals surface area contributed by atoms with Gasteiger partial charge in [0.2, 0.25) is 0 Å². The maximum atomic E-state index is 13.0. The minimum absolute atomic E-state index is 0.0429. The van der Waals surface area contributed by atoms with Gasteiger partial charge in [0.05, 0.1) is 26.4 Å². The number of phosphoric ester groups is 2. The molecule has 0 rings (SSSR count). The summed E-state index contributed by atoms with van der Waals surface area (Å²) in [7, 11) is -9.83. The van der Waals surface area contributed by atoms with Crippen LogP contribution in [-0.4, -0.2) is 95.9 Å². The lowest BCUT2D eigenvalue weighted by Crippen LogP contribution is -2.30. The van der Waals surface area contributed by atoms with Crippen LogP contribution in [0.1, 0.15) is 367 Å². The lowest BCUT2D eigenvalue weighted by Gasteiger charge is -2.21. The number of aliphatic hydroxyl groups excluding tert-OH is 2. The largest absolute Gasteiger partial charge is 0.472 e. The van der Waals surface area contributed by atoms with Crippen LogP contribution in [0.15, 0.2) is 170 Å². The molecule has 0 aliphatic carbocycles. The number of esters is 3. The first-order valence-electron chi connectivity index (χ1n) is 45.4. The van der Waals surface area contributed by atoms with Crippen molar-refractivity contribution in [3.63, 3.8) is 0 Å². The van der Waals surface area contributed by atoms with E-state index in [9.17, 15) is 43.5 Å². The molecule has 0 aromatic heterocycles. The Kier molecular flexibility index (Phi) is 84.3. The number of carbonyl (C=O) groups excluding carboxylic acids is 3. The third-order valence-electron chi connectivity index (χ3n) is 18.9. The standard InChI is InChI=1S/C97H164O16P2/c1-4-7-10-13-16-19-22-25-28-31-34-37-39-41-42-43-44-45-46-47-48-50-52-54-56-59-62-65-68-71-74-77-80-83-95(100)107-86-92(98)87-109-114(103,104)110-88-93(99)89-111-115(105,106)112-91-94(113-97(102)85-82-79-76-73-70-67-64-61-58-53-36-33-30-27-24-21-18-15-12-9-6-3)90-108-96(101)84-81-78-75-72-69-66-63-60-57-55-51-49-40-38-35-32-29-26-23-20-17-14-11-8-5-2/h9,12,16-21,25-30,34-38,41-42,49,51,53,61,64,70,73,92-94,98-99H,4-8,10-11,13-15,22-24,31-33,39-40,43-48,50,52,54-60,62-63,65-69,71-72,74-91H2,1-3H3,(H,103,104)(H,105,106)/b12-9-,19-16-,20-17-,21-18-,28-25-,29-26-,30-27-,37-34-,38-35-,42-41-,51-49-,53-36-,64-61-,73-70-. The summed E-state index contributed by atoms with van der Waals surface area (Å²) in [6, 6.07) is 0. The Hall–Kier alpha value is -5.09. The Morgan fingerprint density at radius 2 is 0.461 bits per heavy atom. The molecule has 16 nitrogen and oxygen atoms in total. The molecule has 0 saturated heterocycles. The first kappa shape index (κ1) is 110. The molecule has 0 saturated carbocycles. The summed E-state index contributed by atoms with van der Waals surface area (Å²) >= 11 is 0. The van der Waals surface area contributed by atoms with Gasteiger partial charge in [-0.15, -0.1) is 0 Å². The number of ether oxygens (including phenoxy) is 3. The highest BCUT2D eigenvalue weighted by atomic mass is 31.2. The predicted molar refractivity (Wildman–Crippen MR) is 482 cm³/mol. The molecule has 0 aliphatic heterocycles. The Balaban J connectivity index is 4.60. The third-order valence-corrected chi connectivity index (χ3v) is 20.8. The van der Waals surface area contributed by atoms with Crippen molar-refractivity contribution in [2.24, 2.45) is 0 Å². The van der Waals surface area contributed by atoms with Gasteiger partial charge in [-0.05, 0) is 161 Å². The smallest absolute Gasteiger partial charge is 0.463 e. The number of hydrogen-bond donors (Lipinski definition) is 4. The summed E-state index contributed by atoms with van der Waals surface area (Å²) < 4.78 is 61.4. The molecule has 0 heterocycles. The zero-order valence-electron chi connectivity index (χ0n) is 72.4. The molecule has 0 aromatic carbocycles. The van der Waals surface area contributed by atoms with Gasteiger partial charge in [-0.3, -0.25) is 32.5 Å². The summed E-state index contributed by atoms with van der Waals surface area (Å²) in [5.74, 6) is -1.63. The lowest BCUT2D eigenvalue weighted by molar-refractivity contribution is -0.161. The number of rotatable bonds is 85. The van der Waals surface area contributed by atoms with Crippen molar-refractivity contribution in [3.05, 3.63) is 170 Å². The average molecular weight is 1650 g/mol. The fourth-order valence-corrected chi connectivity index (χ4v) is 13.6. The fourth-order valence-electron chi connectivity index (χ4n) is 12.0. The van der Waals surface area contributed by atoms with Crippen molar-refractivity contribution >= 4 is 33.6 Å². The molecule has 0 radical (unpaired) electrons. The monoisotopic (exact) mass is 1650 g/mol. The van der Waals surface area contributed by atoms with Crippen molar-refractivity contribution in [1.29, 1.82) is 0 Å². The van der Waals surface area contributed by atoms with Gasteiger partial charge < -0.3 is 34.2 Å². The van der Waals surface area contributed by atoms with Crippen molar-refractivity contribution in [3.8, 4) is 0 Å². The number of unbranched alkanes of at least 4 members (excludes halogenated alkanes) is 34. The number of hydrogen-bond acceptors (Lipinski definition) is 14. The molecule has 5 unspecified atom stereocenters. The van der Waals surface area contributed by atoms with Gasteiger partial charge in [0, 0.05) is 19.3 Å². The van der Waals surface area contributed by atoms with Crippen LogP contribution in [-0.2, 0) is 55.8 Å². The molecule has 0 fully saturated rings. The molecule has 4 N–H and O–H groups in total. The van der Waals surface area contributed by atoms with E-state index in [1.54, 1.807) is 0 Å². The highest BCUT2D eigenvalue weighted by molar-refractivity contribution is 7.47. The minimum atomic E-state index is -4.96. The van der Waals surface area contributed by atoms with Crippen LogP contribution < -0.4 is 0 Å². The Morgan fingerprint density at radius 3 is 0.748 bits per heavy atom. The van der Waals surface area contributed by atoms with E-state index in [4.69, 9.17) is 32.3 Å². The minimum Gasteiger partial charge on any atom is -0.463 e. The second kappa shape index (κ2) is 88.2. The molecular formula is C97H164O16P2. The van der Waals surface area contributed by atoms with Crippen LogP contribution in [0.3, 0.4) is 0 Å². The Bertz CT molecular complexity index is 2770. The fraction of sp³-hybridized carbons (Fsp3) is 0.680. The summed E-state index contributed by atoms with van der Waals surface area (Å²) in [6.07, 6.45) is 114. The molecular weight excluding hydrogens is 1480 g/mol. The van der Waals surface area contributed by atoms with Gasteiger partial charge >= 0.3 is 33.6 Å². The summed E-state index contributed by atoms with van der Waals surface area (Å²) in [5, 5.41) is 20.7. The van der Waals surface area contributed by atoms with Gasteiger partial charge in [0.1, 0.15) is 25.4 Å². The van der Waals surface area contributed by atoms with E-state index in [-0.39, 0.29) is 19.3 Å². The van der Waals surface area contributed by atoms with E-state index < -0.39 is 91.5 Å².